The van der Waals surface area contributed by atoms with Gasteiger partial charge in [-0.25, -0.2) is 9.59 Å². The average Bonchev–Trinajstić information content (AvgIpc) is 3.61. The van der Waals surface area contributed by atoms with E-state index in [-0.39, 0.29) is 42.3 Å². The lowest BCUT2D eigenvalue weighted by atomic mass is 9.96. The number of benzene rings is 2. The molecule has 0 bridgehead atoms. The van der Waals surface area contributed by atoms with Gasteiger partial charge in [-0.1, -0.05) is 59.1 Å². The van der Waals surface area contributed by atoms with Crippen LogP contribution in [0, 0.1) is 11.8 Å². The standard InChI is InChI=1S/C43H66N10O7.C2HF3O2/c1-5-27(4)36(39(56)52-35(41(58)59)23-26(2)3)53-38(55)34(24-28-14-16-29(54)17-15-28)51-40(57)37-31(13-9-6-7-10-20-48-42(44)45)32-25-30(18-19-33(32)50-37)60-22-12-8-11-21-49-43(46)47;3-2(4,5)1(6)7/h14-19,25-27,34-36,50,54H,5-13,20-24H2,1-4H3,(H,51,57)(H,52,56)(H,53,55)(H,58,59)(H4,44,45,48)(H4,46,47,49);(H,6,7)/t27-,34-,35-,36-;/m0./s1. The number of aromatic nitrogens is 1. The number of carboxylic acids is 2. The van der Waals surface area contributed by atoms with Gasteiger partial charge in [0.2, 0.25) is 11.8 Å². The van der Waals surface area contributed by atoms with Gasteiger partial charge in [0.25, 0.3) is 5.91 Å². The van der Waals surface area contributed by atoms with Gasteiger partial charge in [0.1, 0.15) is 35.3 Å². The number of nitrogens with two attached hydrogens (primary N) is 4. The van der Waals surface area contributed by atoms with E-state index in [0.29, 0.717) is 49.5 Å². The zero-order chi connectivity index (χ0) is 50.3. The van der Waals surface area contributed by atoms with Gasteiger partial charge >= 0.3 is 18.1 Å². The highest BCUT2D eigenvalue weighted by Gasteiger charge is 2.38. The summed E-state index contributed by atoms with van der Waals surface area (Å²) in [6.07, 6.45) is 2.02. The molecule has 0 aliphatic heterocycles. The lowest BCUT2D eigenvalue weighted by molar-refractivity contribution is -0.192. The lowest BCUT2D eigenvalue weighted by Crippen LogP contribution is -2.58. The maximum atomic E-state index is 14.4. The second-order valence-corrected chi connectivity index (χ2v) is 16.5. The third-order valence-corrected chi connectivity index (χ3v) is 10.5. The third-order valence-electron chi connectivity index (χ3n) is 10.5. The fraction of sp³-hybridized carbons (Fsp3) is 0.533. The van der Waals surface area contributed by atoms with Crippen molar-refractivity contribution >= 4 is 52.5 Å². The molecular formula is C45H67F3N10O9. The molecule has 19 nitrogen and oxygen atoms in total. The first-order chi connectivity index (χ1) is 31.5. The molecule has 3 rings (SSSR count). The first-order valence-electron chi connectivity index (χ1n) is 22.1. The van der Waals surface area contributed by atoms with Gasteiger partial charge < -0.3 is 63.9 Å². The van der Waals surface area contributed by atoms with Gasteiger partial charge in [0, 0.05) is 30.4 Å². The molecule has 0 fully saturated rings. The van der Waals surface area contributed by atoms with E-state index in [0.717, 1.165) is 61.4 Å². The van der Waals surface area contributed by atoms with Gasteiger partial charge in [-0.05, 0) is 98.2 Å². The maximum Gasteiger partial charge on any atom is 0.490 e. The summed E-state index contributed by atoms with van der Waals surface area (Å²) in [5, 5.41) is 36.0. The van der Waals surface area contributed by atoms with Crippen LogP contribution in [0.15, 0.2) is 52.4 Å². The zero-order valence-electron chi connectivity index (χ0n) is 38.5. The van der Waals surface area contributed by atoms with Crippen molar-refractivity contribution < 1.29 is 57.2 Å². The van der Waals surface area contributed by atoms with Crippen LogP contribution in [0.4, 0.5) is 13.2 Å². The number of nitrogens with one attached hydrogen (secondary N) is 4. The molecule has 3 aromatic rings. The number of guanidine groups is 2. The van der Waals surface area contributed by atoms with E-state index in [1.54, 1.807) is 19.1 Å². The number of carbonyl (C=O) groups excluding carboxylic acids is 3. The number of halogens is 3. The monoisotopic (exact) mass is 949 g/mol. The number of rotatable bonds is 27. The highest BCUT2D eigenvalue weighted by molar-refractivity contribution is 6.03. The summed E-state index contributed by atoms with van der Waals surface area (Å²) in [4.78, 5) is 74.5. The summed E-state index contributed by atoms with van der Waals surface area (Å²) in [6.45, 7) is 8.94. The molecule has 67 heavy (non-hydrogen) atoms. The smallest absolute Gasteiger partial charge is 0.490 e. The van der Waals surface area contributed by atoms with Crippen molar-refractivity contribution in [1.29, 1.82) is 0 Å². The van der Waals surface area contributed by atoms with E-state index >= 15 is 0 Å². The Morgan fingerprint density at radius 1 is 0.776 bits per heavy atom. The van der Waals surface area contributed by atoms with Gasteiger partial charge in [-0.15, -0.1) is 0 Å². The van der Waals surface area contributed by atoms with Crippen molar-refractivity contribution in [1.82, 2.24) is 20.9 Å². The Kier molecular flexibility index (Phi) is 23.8. The Bertz CT molecular complexity index is 2120. The first kappa shape index (κ1) is 56.4. The molecule has 0 spiro atoms. The van der Waals surface area contributed by atoms with Gasteiger partial charge in [0.15, 0.2) is 11.9 Å². The highest BCUT2D eigenvalue weighted by Crippen LogP contribution is 2.29. The van der Waals surface area contributed by atoms with Crippen molar-refractivity contribution in [3.63, 3.8) is 0 Å². The Balaban J connectivity index is 0.00000203. The van der Waals surface area contributed by atoms with Gasteiger partial charge in [-0.3, -0.25) is 24.4 Å². The Morgan fingerprint density at radius 2 is 1.36 bits per heavy atom. The van der Waals surface area contributed by atoms with Crippen molar-refractivity contribution in [3.05, 3.63) is 59.3 Å². The van der Waals surface area contributed by atoms with Crippen LogP contribution in [0.2, 0.25) is 0 Å². The van der Waals surface area contributed by atoms with Gasteiger partial charge in [0.05, 0.1) is 6.61 Å². The normalized spacial score (nSPS) is 13.0. The van der Waals surface area contributed by atoms with Crippen molar-refractivity contribution in [2.24, 2.45) is 44.8 Å². The van der Waals surface area contributed by atoms with E-state index in [1.807, 2.05) is 39.0 Å². The van der Waals surface area contributed by atoms with Crippen LogP contribution in [0.5, 0.6) is 11.5 Å². The summed E-state index contributed by atoms with van der Waals surface area (Å²) >= 11 is 0. The topological polar surface area (TPSA) is 336 Å². The molecule has 3 amide bonds. The molecule has 4 atom stereocenters. The number of carboxylic acid groups (broad SMARTS) is 2. The predicted octanol–water partition coefficient (Wildman–Crippen LogP) is 4.19. The summed E-state index contributed by atoms with van der Waals surface area (Å²) in [7, 11) is 0. The van der Waals surface area contributed by atoms with Crippen LogP contribution in [0.25, 0.3) is 10.9 Å². The number of amides is 3. The summed E-state index contributed by atoms with van der Waals surface area (Å²) in [5.74, 6) is -5.26. The van der Waals surface area contributed by atoms with E-state index < -0.39 is 54.0 Å². The number of aryl methyl sites for hydroxylation is 1. The Labute approximate surface area is 387 Å². The number of aliphatic imine (C=N–C) groups is 2. The SMILES string of the molecule is CC[C@H](C)[C@H](NC(=O)[C@H](Cc1ccc(O)cc1)NC(=O)c1[nH]c2ccc(OCCCCCN=C(N)N)cc2c1CCCCCCN=C(N)N)C(=O)N[C@@H](CC(C)C)C(=O)O.O=C(O)C(F)(F)F. The number of aromatic amines is 1. The minimum Gasteiger partial charge on any atom is -0.508 e. The minimum absolute atomic E-state index is 0.00354. The largest absolute Gasteiger partial charge is 0.508 e. The number of aromatic hydroxyl groups is 1. The van der Waals surface area contributed by atoms with Crippen LogP contribution in [-0.2, 0) is 32.0 Å². The number of carbonyl (C=O) groups is 5. The Morgan fingerprint density at radius 3 is 1.90 bits per heavy atom. The van der Waals surface area contributed by atoms with Crippen molar-refractivity contribution in [3.8, 4) is 11.5 Å². The van der Waals surface area contributed by atoms with Crippen LogP contribution < -0.4 is 43.6 Å². The van der Waals surface area contributed by atoms with Crippen molar-refractivity contribution in [2.75, 3.05) is 19.7 Å². The molecule has 0 unspecified atom stereocenters. The molecule has 0 aliphatic carbocycles. The van der Waals surface area contributed by atoms with E-state index in [2.05, 4.69) is 30.9 Å². The fourth-order valence-electron chi connectivity index (χ4n) is 6.75. The second kappa shape index (κ2) is 28.3. The maximum absolute atomic E-state index is 14.4. The fourth-order valence-corrected chi connectivity index (χ4v) is 6.75. The molecule has 0 radical (unpaired) electrons. The minimum atomic E-state index is -5.08. The number of phenols is 1. The number of aliphatic carboxylic acids is 2. The quantitative estimate of drug-likeness (QED) is 0.0290. The Hall–Kier alpha value is -6.74. The molecule has 0 saturated carbocycles. The van der Waals surface area contributed by atoms with Crippen LogP contribution in [-0.4, -0.2) is 106 Å². The second-order valence-electron chi connectivity index (χ2n) is 16.5. The first-order valence-corrected chi connectivity index (χ1v) is 22.1. The number of ether oxygens (including phenoxy) is 1. The van der Waals surface area contributed by atoms with E-state index in [4.69, 9.17) is 37.6 Å². The molecule has 2 aromatic carbocycles. The molecule has 0 aliphatic rings. The highest BCUT2D eigenvalue weighted by atomic mass is 19.4. The molecule has 15 N–H and O–H groups in total. The van der Waals surface area contributed by atoms with Crippen molar-refractivity contribution in [2.45, 2.75) is 123 Å². The number of phenolic OH excluding ortho intramolecular Hbond substituents is 1. The summed E-state index contributed by atoms with van der Waals surface area (Å²) in [5.41, 5.74) is 24.2. The molecule has 1 aromatic heterocycles. The molecular weight excluding hydrogens is 882 g/mol. The number of fused-ring (bicyclic) bond motifs is 1. The summed E-state index contributed by atoms with van der Waals surface area (Å²) < 4.78 is 37.8. The van der Waals surface area contributed by atoms with E-state index in [1.165, 1.54) is 12.1 Å². The van der Waals surface area contributed by atoms with Crippen LogP contribution in [0.3, 0.4) is 0 Å². The number of hydrogen-bond acceptors (Lipinski definition) is 9. The number of nitrogens with zero attached hydrogens (tertiary/aromatic N) is 2. The number of alkyl halides is 3. The molecule has 1 heterocycles. The molecule has 372 valence electrons. The van der Waals surface area contributed by atoms with Crippen LogP contribution in [0.1, 0.15) is 107 Å². The van der Waals surface area contributed by atoms with E-state index in [9.17, 15) is 42.6 Å². The number of H-pyrrole nitrogens is 1. The number of unbranched alkanes of at least 4 members (excludes halogenated alkanes) is 5. The average molecular weight is 949 g/mol. The van der Waals surface area contributed by atoms with Gasteiger partial charge in [-0.2, -0.15) is 13.2 Å². The lowest BCUT2D eigenvalue weighted by Gasteiger charge is -2.28. The third kappa shape index (κ3) is 21.0. The zero-order valence-corrected chi connectivity index (χ0v) is 38.5. The molecule has 0 saturated heterocycles. The predicted molar refractivity (Wildman–Crippen MR) is 248 cm³/mol. The van der Waals surface area contributed by atoms with Crippen LogP contribution >= 0.6 is 0 Å². The number of hydrogen-bond donors (Lipinski definition) is 11. The molecule has 22 heteroatoms. The summed E-state index contributed by atoms with van der Waals surface area (Å²) in [6, 6.07) is 8.51.